The summed E-state index contributed by atoms with van der Waals surface area (Å²) in [6.45, 7) is 4.29. The molecule has 0 aliphatic heterocycles. The molecule has 100 valence electrons. The Bertz CT molecular complexity index is 412. The fourth-order valence-corrected chi connectivity index (χ4v) is 2.17. The standard InChI is InChI=1S/C12H17BrN2O3/c1-3-14(6-7-18-2)11-4-5-12(15(16)17)10(8-11)9-13/h4-5,8H,3,6-7,9H2,1-2H3. The summed E-state index contributed by atoms with van der Waals surface area (Å²) in [6.07, 6.45) is 0. The van der Waals surface area contributed by atoms with Gasteiger partial charge in [0.2, 0.25) is 0 Å². The third-order valence-electron chi connectivity index (χ3n) is 2.72. The zero-order valence-corrected chi connectivity index (χ0v) is 12.1. The van der Waals surface area contributed by atoms with E-state index >= 15 is 0 Å². The number of methoxy groups -OCH3 is 1. The largest absolute Gasteiger partial charge is 0.383 e. The van der Waals surface area contributed by atoms with E-state index in [1.807, 2.05) is 13.0 Å². The van der Waals surface area contributed by atoms with Crippen LogP contribution in [0.15, 0.2) is 18.2 Å². The van der Waals surface area contributed by atoms with Crippen LogP contribution >= 0.6 is 15.9 Å². The van der Waals surface area contributed by atoms with Crippen LogP contribution in [0.2, 0.25) is 0 Å². The lowest BCUT2D eigenvalue weighted by Crippen LogP contribution is -2.26. The third-order valence-corrected chi connectivity index (χ3v) is 3.32. The Balaban J connectivity index is 2.99. The number of halogens is 1. The second-order valence-corrected chi connectivity index (χ2v) is 4.34. The van der Waals surface area contributed by atoms with Crippen LogP contribution in [0, 0.1) is 10.1 Å². The lowest BCUT2D eigenvalue weighted by atomic mass is 10.1. The minimum atomic E-state index is -0.355. The molecule has 0 aliphatic carbocycles. The molecule has 0 spiro atoms. The van der Waals surface area contributed by atoms with E-state index in [0.29, 0.717) is 17.5 Å². The van der Waals surface area contributed by atoms with E-state index in [-0.39, 0.29) is 10.6 Å². The number of rotatable bonds is 7. The number of nitro groups is 1. The highest BCUT2D eigenvalue weighted by Crippen LogP contribution is 2.26. The van der Waals surface area contributed by atoms with Crippen molar-refractivity contribution in [3.05, 3.63) is 33.9 Å². The van der Waals surface area contributed by atoms with Crippen molar-refractivity contribution in [1.29, 1.82) is 0 Å². The molecular weight excluding hydrogens is 300 g/mol. The van der Waals surface area contributed by atoms with E-state index in [4.69, 9.17) is 4.74 Å². The van der Waals surface area contributed by atoms with Crippen LogP contribution in [0.5, 0.6) is 0 Å². The molecule has 0 amide bonds. The van der Waals surface area contributed by atoms with E-state index in [2.05, 4.69) is 20.8 Å². The molecule has 0 aromatic heterocycles. The molecule has 1 aromatic rings. The summed E-state index contributed by atoms with van der Waals surface area (Å²) in [7, 11) is 1.66. The quantitative estimate of drug-likeness (QED) is 0.441. The van der Waals surface area contributed by atoms with Crippen molar-refractivity contribution < 1.29 is 9.66 Å². The summed E-state index contributed by atoms with van der Waals surface area (Å²) in [5.41, 5.74) is 1.82. The van der Waals surface area contributed by atoms with Crippen molar-refractivity contribution in [3.8, 4) is 0 Å². The zero-order chi connectivity index (χ0) is 13.5. The molecule has 1 rings (SSSR count). The second-order valence-electron chi connectivity index (χ2n) is 3.78. The lowest BCUT2D eigenvalue weighted by molar-refractivity contribution is -0.385. The monoisotopic (exact) mass is 316 g/mol. The maximum atomic E-state index is 10.9. The average Bonchev–Trinajstić information content (AvgIpc) is 2.39. The van der Waals surface area contributed by atoms with E-state index in [1.54, 1.807) is 19.2 Å². The molecule has 0 saturated carbocycles. The smallest absolute Gasteiger partial charge is 0.273 e. The van der Waals surface area contributed by atoms with Crippen LogP contribution in [0.3, 0.4) is 0 Å². The number of hydrogen-bond donors (Lipinski definition) is 0. The van der Waals surface area contributed by atoms with E-state index < -0.39 is 0 Å². The fraction of sp³-hybridized carbons (Fsp3) is 0.500. The molecule has 0 unspecified atom stereocenters. The van der Waals surface area contributed by atoms with Crippen LogP contribution in [0.4, 0.5) is 11.4 Å². The number of ether oxygens (including phenoxy) is 1. The molecule has 0 saturated heterocycles. The van der Waals surface area contributed by atoms with Gasteiger partial charge in [-0.25, -0.2) is 0 Å². The number of anilines is 1. The van der Waals surface area contributed by atoms with Gasteiger partial charge in [0.1, 0.15) is 0 Å². The molecule has 5 nitrogen and oxygen atoms in total. The number of likely N-dealkylation sites (N-methyl/N-ethyl adjacent to an activating group) is 1. The summed E-state index contributed by atoms with van der Waals surface area (Å²) in [4.78, 5) is 12.6. The molecule has 0 fully saturated rings. The molecule has 0 N–H and O–H groups in total. The average molecular weight is 317 g/mol. The first-order valence-corrected chi connectivity index (χ1v) is 6.83. The topological polar surface area (TPSA) is 55.6 Å². The van der Waals surface area contributed by atoms with Gasteiger partial charge in [0.15, 0.2) is 0 Å². The first-order chi connectivity index (χ1) is 8.63. The molecule has 0 aliphatic rings. The van der Waals surface area contributed by atoms with Gasteiger partial charge in [-0.2, -0.15) is 0 Å². The van der Waals surface area contributed by atoms with Gasteiger partial charge >= 0.3 is 0 Å². The van der Waals surface area contributed by atoms with E-state index in [1.165, 1.54) is 0 Å². The number of nitro benzene ring substituents is 1. The second kappa shape index (κ2) is 7.33. The van der Waals surface area contributed by atoms with Crippen LogP contribution in [-0.4, -0.2) is 31.7 Å². The first-order valence-electron chi connectivity index (χ1n) is 5.71. The summed E-state index contributed by atoms with van der Waals surface area (Å²) in [5.74, 6) is 0. The fourth-order valence-electron chi connectivity index (χ4n) is 1.73. The Hall–Kier alpha value is -1.14. The zero-order valence-electron chi connectivity index (χ0n) is 10.6. The summed E-state index contributed by atoms with van der Waals surface area (Å²) in [5, 5.41) is 11.3. The van der Waals surface area contributed by atoms with Crippen molar-refractivity contribution >= 4 is 27.3 Å². The van der Waals surface area contributed by atoms with Gasteiger partial charge in [-0.1, -0.05) is 15.9 Å². The summed E-state index contributed by atoms with van der Waals surface area (Å²) >= 11 is 3.29. The summed E-state index contributed by atoms with van der Waals surface area (Å²) in [6, 6.07) is 5.19. The van der Waals surface area contributed by atoms with Crippen LogP contribution in [0.25, 0.3) is 0 Å². The molecular formula is C12H17BrN2O3. The minimum Gasteiger partial charge on any atom is -0.383 e. The molecule has 1 aromatic carbocycles. The Kier molecular flexibility index (Phi) is 6.07. The van der Waals surface area contributed by atoms with Gasteiger partial charge in [0.25, 0.3) is 5.69 Å². The highest BCUT2D eigenvalue weighted by Gasteiger charge is 2.15. The van der Waals surface area contributed by atoms with Crippen molar-refractivity contribution in [2.45, 2.75) is 12.3 Å². The van der Waals surface area contributed by atoms with E-state index in [0.717, 1.165) is 18.8 Å². The third kappa shape index (κ3) is 3.68. The Morgan fingerprint density at radius 1 is 1.50 bits per heavy atom. The number of nitrogens with zero attached hydrogens (tertiary/aromatic N) is 2. The number of hydrogen-bond acceptors (Lipinski definition) is 4. The van der Waals surface area contributed by atoms with Crippen molar-refractivity contribution in [3.63, 3.8) is 0 Å². The Morgan fingerprint density at radius 2 is 2.22 bits per heavy atom. The van der Waals surface area contributed by atoms with Gasteiger partial charge in [0, 0.05) is 42.8 Å². The number of benzene rings is 1. The first kappa shape index (κ1) is 14.9. The van der Waals surface area contributed by atoms with Gasteiger partial charge < -0.3 is 9.64 Å². The predicted octanol–water partition coefficient (Wildman–Crippen LogP) is 2.96. The van der Waals surface area contributed by atoms with Crippen LogP contribution in [0.1, 0.15) is 12.5 Å². The maximum Gasteiger partial charge on any atom is 0.273 e. The van der Waals surface area contributed by atoms with Crippen molar-refractivity contribution in [1.82, 2.24) is 0 Å². The van der Waals surface area contributed by atoms with Gasteiger partial charge in [-0.3, -0.25) is 10.1 Å². The van der Waals surface area contributed by atoms with Crippen molar-refractivity contribution in [2.75, 3.05) is 31.7 Å². The predicted molar refractivity (Wildman–Crippen MR) is 75.5 cm³/mol. The van der Waals surface area contributed by atoms with Gasteiger partial charge in [-0.05, 0) is 19.1 Å². The highest BCUT2D eigenvalue weighted by molar-refractivity contribution is 9.08. The Labute approximate surface area is 115 Å². The van der Waals surface area contributed by atoms with Gasteiger partial charge in [0.05, 0.1) is 11.5 Å². The number of alkyl halides is 1. The Morgan fingerprint density at radius 3 is 2.72 bits per heavy atom. The molecule has 18 heavy (non-hydrogen) atoms. The summed E-state index contributed by atoms with van der Waals surface area (Å²) < 4.78 is 5.06. The molecule has 0 atom stereocenters. The van der Waals surface area contributed by atoms with Crippen molar-refractivity contribution in [2.24, 2.45) is 0 Å². The molecule has 0 heterocycles. The maximum absolute atomic E-state index is 10.9. The molecule has 0 bridgehead atoms. The van der Waals surface area contributed by atoms with E-state index in [9.17, 15) is 10.1 Å². The molecule has 6 heteroatoms. The normalized spacial score (nSPS) is 10.4. The van der Waals surface area contributed by atoms with Crippen LogP contribution < -0.4 is 4.90 Å². The van der Waals surface area contributed by atoms with Gasteiger partial charge in [-0.15, -0.1) is 0 Å². The highest BCUT2D eigenvalue weighted by atomic mass is 79.9. The SMILES string of the molecule is CCN(CCOC)c1ccc([N+](=O)[O-])c(CBr)c1. The molecule has 0 radical (unpaired) electrons. The minimum absolute atomic E-state index is 0.151. The lowest BCUT2D eigenvalue weighted by Gasteiger charge is -2.23. The van der Waals surface area contributed by atoms with Crippen LogP contribution in [-0.2, 0) is 10.1 Å².